The Hall–Kier alpha value is -1.79. The summed E-state index contributed by atoms with van der Waals surface area (Å²) in [5, 5.41) is 16.0. The van der Waals surface area contributed by atoms with Crippen molar-refractivity contribution >= 4 is 17.2 Å². The van der Waals surface area contributed by atoms with E-state index >= 15 is 0 Å². The van der Waals surface area contributed by atoms with Gasteiger partial charge in [-0.15, -0.1) is 11.3 Å². The van der Waals surface area contributed by atoms with E-state index in [9.17, 15) is 9.90 Å². The maximum absolute atomic E-state index is 12.2. The van der Waals surface area contributed by atoms with Gasteiger partial charge in [0.15, 0.2) is 0 Å². The second-order valence-corrected chi connectivity index (χ2v) is 6.64. The number of nitrogens with zero attached hydrogens (tertiary/aromatic N) is 2. The van der Waals surface area contributed by atoms with Crippen LogP contribution in [0.5, 0.6) is 0 Å². The van der Waals surface area contributed by atoms with E-state index < -0.39 is 5.60 Å². The minimum absolute atomic E-state index is 0.215. The number of rotatable bonds is 4. The van der Waals surface area contributed by atoms with Crippen molar-refractivity contribution in [3.05, 3.63) is 34.9 Å². The molecule has 2 aromatic rings. The molecule has 116 valence electrons. The summed E-state index contributed by atoms with van der Waals surface area (Å²) >= 11 is 1.50. The molecule has 0 spiro atoms. The maximum Gasteiger partial charge on any atom is 0.252 e. The third kappa shape index (κ3) is 3.03. The van der Waals surface area contributed by atoms with Gasteiger partial charge in [0.25, 0.3) is 5.91 Å². The molecule has 2 heterocycles. The minimum Gasteiger partial charge on any atom is -0.380 e. The molecule has 1 unspecified atom stereocenters. The van der Waals surface area contributed by atoms with Crippen molar-refractivity contribution in [1.29, 1.82) is 0 Å². The van der Waals surface area contributed by atoms with Gasteiger partial charge in [-0.3, -0.25) is 9.78 Å². The van der Waals surface area contributed by atoms with E-state index in [2.05, 4.69) is 15.3 Å². The van der Waals surface area contributed by atoms with Crippen molar-refractivity contribution in [3.8, 4) is 11.3 Å². The van der Waals surface area contributed by atoms with E-state index in [0.717, 1.165) is 29.1 Å². The first kappa shape index (κ1) is 15.1. The lowest BCUT2D eigenvalue weighted by Gasteiger charge is -2.23. The molecule has 0 bridgehead atoms. The zero-order chi connectivity index (χ0) is 15.6. The molecule has 2 aromatic heterocycles. The highest BCUT2D eigenvalue weighted by Crippen LogP contribution is 2.31. The number of carbonyl (C=O) groups excluding carboxylic acids is 1. The van der Waals surface area contributed by atoms with E-state index in [4.69, 9.17) is 0 Å². The van der Waals surface area contributed by atoms with Gasteiger partial charge in [-0.1, -0.05) is 0 Å². The Morgan fingerprint density at radius 3 is 2.91 bits per heavy atom. The Balaban J connectivity index is 1.69. The van der Waals surface area contributed by atoms with Crippen LogP contribution in [-0.2, 0) is 4.79 Å². The van der Waals surface area contributed by atoms with Gasteiger partial charge in [0.05, 0.1) is 11.7 Å². The van der Waals surface area contributed by atoms with Crippen molar-refractivity contribution in [2.24, 2.45) is 0 Å². The molecule has 0 aromatic carbocycles. The lowest BCUT2D eigenvalue weighted by molar-refractivity contribution is -0.139. The zero-order valence-corrected chi connectivity index (χ0v) is 13.3. The number of thiazole rings is 1. The van der Waals surface area contributed by atoms with E-state index in [-0.39, 0.29) is 11.9 Å². The van der Waals surface area contributed by atoms with Gasteiger partial charge >= 0.3 is 0 Å². The topological polar surface area (TPSA) is 75.1 Å². The Morgan fingerprint density at radius 1 is 1.45 bits per heavy atom. The van der Waals surface area contributed by atoms with Crippen molar-refractivity contribution in [2.45, 2.75) is 44.2 Å². The fourth-order valence-corrected chi connectivity index (χ4v) is 3.55. The highest BCUT2D eigenvalue weighted by Gasteiger charge is 2.39. The van der Waals surface area contributed by atoms with Crippen molar-refractivity contribution < 1.29 is 9.90 Å². The number of aliphatic hydroxyl groups is 1. The minimum atomic E-state index is -1.20. The first-order valence-electron chi connectivity index (χ1n) is 7.48. The van der Waals surface area contributed by atoms with Crippen LogP contribution in [0.15, 0.2) is 29.9 Å². The van der Waals surface area contributed by atoms with Crippen LogP contribution in [0.2, 0.25) is 0 Å². The summed E-state index contributed by atoms with van der Waals surface area (Å²) in [6.45, 7) is 1.89. The van der Waals surface area contributed by atoms with Gasteiger partial charge in [0, 0.05) is 23.3 Å². The number of pyridine rings is 1. The van der Waals surface area contributed by atoms with Crippen LogP contribution in [0, 0.1) is 0 Å². The highest BCUT2D eigenvalue weighted by atomic mass is 32.1. The first-order valence-corrected chi connectivity index (χ1v) is 8.36. The molecule has 6 heteroatoms. The molecule has 1 amide bonds. The van der Waals surface area contributed by atoms with Crippen LogP contribution in [0.4, 0.5) is 0 Å². The molecule has 0 aliphatic heterocycles. The molecular formula is C16H19N3O2S. The predicted octanol–water partition coefficient (Wildman–Crippen LogP) is 2.69. The standard InChI is InChI=1S/C16H19N3O2S/c1-11(18-15(20)16(21)6-2-3-7-16)14-19-13(10-22-14)12-5-4-8-17-9-12/h4-5,8-11,21H,2-3,6-7H2,1H3,(H,18,20). The fourth-order valence-electron chi connectivity index (χ4n) is 2.71. The zero-order valence-electron chi connectivity index (χ0n) is 12.5. The summed E-state index contributed by atoms with van der Waals surface area (Å²) in [4.78, 5) is 20.9. The summed E-state index contributed by atoms with van der Waals surface area (Å²) in [7, 11) is 0. The summed E-state index contributed by atoms with van der Waals surface area (Å²) in [6, 6.07) is 3.61. The third-order valence-corrected chi connectivity index (χ3v) is 5.08. The van der Waals surface area contributed by atoms with E-state index in [1.165, 1.54) is 11.3 Å². The highest BCUT2D eigenvalue weighted by molar-refractivity contribution is 7.10. The predicted molar refractivity (Wildman–Crippen MR) is 85.3 cm³/mol. The van der Waals surface area contributed by atoms with Gasteiger partial charge < -0.3 is 10.4 Å². The van der Waals surface area contributed by atoms with Gasteiger partial charge in [-0.2, -0.15) is 0 Å². The van der Waals surface area contributed by atoms with Crippen LogP contribution in [0.1, 0.15) is 43.7 Å². The molecule has 1 aliphatic rings. The van der Waals surface area contributed by atoms with E-state index in [1.54, 1.807) is 12.4 Å². The Morgan fingerprint density at radius 2 is 2.23 bits per heavy atom. The first-order chi connectivity index (χ1) is 10.6. The lowest BCUT2D eigenvalue weighted by Crippen LogP contribution is -2.45. The molecule has 5 nitrogen and oxygen atoms in total. The number of aromatic nitrogens is 2. The molecule has 0 saturated heterocycles. The van der Waals surface area contributed by atoms with Crippen LogP contribution in [-0.4, -0.2) is 26.6 Å². The molecule has 2 N–H and O–H groups in total. The molecule has 1 atom stereocenters. The molecule has 1 saturated carbocycles. The number of hydrogen-bond donors (Lipinski definition) is 2. The molecule has 3 rings (SSSR count). The number of carbonyl (C=O) groups is 1. The quantitative estimate of drug-likeness (QED) is 0.909. The smallest absolute Gasteiger partial charge is 0.252 e. The summed E-state index contributed by atoms with van der Waals surface area (Å²) in [5.41, 5.74) is 0.615. The van der Waals surface area contributed by atoms with Crippen molar-refractivity contribution in [1.82, 2.24) is 15.3 Å². The van der Waals surface area contributed by atoms with Gasteiger partial charge in [-0.05, 0) is 44.7 Å². The van der Waals surface area contributed by atoms with Crippen molar-refractivity contribution in [3.63, 3.8) is 0 Å². The van der Waals surface area contributed by atoms with Crippen molar-refractivity contribution in [2.75, 3.05) is 0 Å². The fraction of sp³-hybridized carbons (Fsp3) is 0.438. The molecule has 1 aliphatic carbocycles. The largest absolute Gasteiger partial charge is 0.380 e. The Kier molecular flexibility index (Phi) is 4.22. The second kappa shape index (κ2) is 6.14. The normalized spacial score (nSPS) is 18.1. The second-order valence-electron chi connectivity index (χ2n) is 5.75. The number of amides is 1. The van der Waals surface area contributed by atoms with E-state index in [1.807, 2.05) is 24.4 Å². The Bertz CT molecular complexity index is 650. The summed E-state index contributed by atoms with van der Waals surface area (Å²) < 4.78 is 0. The maximum atomic E-state index is 12.2. The van der Waals surface area contributed by atoms with Gasteiger partial charge in [-0.25, -0.2) is 4.98 Å². The van der Waals surface area contributed by atoms with Crippen LogP contribution in [0.3, 0.4) is 0 Å². The third-order valence-electron chi connectivity index (χ3n) is 4.05. The van der Waals surface area contributed by atoms with E-state index in [0.29, 0.717) is 12.8 Å². The van der Waals surface area contributed by atoms with Crippen LogP contribution in [0.25, 0.3) is 11.3 Å². The summed E-state index contributed by atoms with van der Waals surface area (Å²) in [6.07, 6.45) is 6.39. The monoisotopic (exact) mass is 317 g/mol. The lowest BCUT2D eigenvalue weighted by atomic mass is 10.0. The Labute approximate surface area is 133 Å². The van der Waals surface area contributed by atoms with Gasteiger partial charge in [0.2, 0.25) is 0 Å². The SMILES string of the molecule is CC(NC(=O)C1(O)CCCC1)c1nc(-c2cccnc2)cs1. The van der Waals surface area contributed by atoms with Crippen LogP contribution >= 0.6 is 11.3 Å². The average Bonchev–Trinajstić information content (AvgIpc) is 3.18. The molecule has 22 heavy (non-hydrogen) atoms. The molecule has 0 radical (unpaired) electrons. The molecule has 1 fully saturated rings. The summed E-state index contributed by atoms with van der Waals surface area (Å²) in [5.74, 6) is -0.282. The average molecular weight is 317 g/mol. The molecular weight excluding hydrogens is 298 g/mol. The van der Waals surface area contributed by atoms with Crippen LogP contribution < -0.4 is 5.32 Å². The van der Waals surface area contributed by atoms with Gasteiger partial charge in [0.1, 0.15) is 10.6 Å². The number of hydrogen-bond acceptors (Lipinski definition) is 5. The number of nitrogens with one attached hydrogen (secondary N) is 1.